The van der Waals surface area contributed by atoms with Crippen LogP contribution in [0.1, 0.15) is 27.7 Å². The van der Waals surface area contributed by atoms with Crippen LogP contribution in [-0.4, -0.2) is 22.3 Å². The SMILES string of the molecule is Cn1nccc1C(=O)N[C@@H](COCc1ccccc1)c1ccccc1. The van der Waals surface area contributed by atoms with E-state index in [1.165, 1.54) is 0 Å². The Balaban J connectivity index is 1.67. The topological polar surface area (TPSA) is 56.2 Å². The van der Waals surface area contributed by atoms with Crippen molar-refractivity contribution in [2.75, 3.05) is 6.61 Å². The summed E-state index contributed by atoms with van der Waals surface area (Å²) in [5.74, 6) is -0.169. The molecule has 1 heterocycles. The molecule has 0 aliphatic rings. The molecule has 1 aromatic heterocycles. The van der Waals surface area contributed by atoms with Gasteiger partial charge in [-0.1, -0.05) is 60.7 Å². The molecule has 0 aliphatic heterocycles. The second-order valence-corrected chi connectivity index (χ2v) is 5.78. The minimum Gasteiger partial charge on any atom is -0.374 e. The number of amides is 1. The predicted octanol–water partition coefficient (Wildman–Crippen LogP) is 3.11. The summed E-state index contributed by atoms with van der Waals surface area (Å²) in [7, 11) is 1.75. The first kappa shape index (κ1) is 16.9. The fourth-order valence-corrected chi connectivity index (χ4v) is 2.60. The smallest absolute Gasteiger partial charge is 0.270 e. The van der Waals surface area contributed by atoms with E-state index in [0.717, 1.165) is 11.1 Å². The zero-order chi connectivity index (χ0) is 17.5. The Morgan fingerprint density at radius 3 is 2.40 bits per heavy atom. The number of carbonyl (C=O) groups excluding carboxylic acids is 1. The highest BCUT2D eigenvalue weighted by atomic mass is 16.5. The molecule has 128 valence electrons. The fourth-order valence-electron chi connectivity index (χ4n) is 2.60. The van der Waals surface area contributed by atoms with Crippen molar-refractivity contribution in [3.8, 4) is 0 Å². The lowest BCUT2D eigenvalue weighted by atomic mass is 10.1. The van der Waals surface area contributed by atoms with Crippen molar-refractivity contribution in [3.05, 3.63) is 89.7 Å². The molecule has 0 spiro atoms. The summed E-state index contributed by atoms with van der Waals surface area (Å²) in [6.45, 7) is 0.897. The van der Waals surface area contributed by atoms with Crippen LogP contribution in [-0.2, 0) is 18.4 Å². The molecule has 1 N–H and O–H groups in total. The number of rotatable bonds is 7. The molecule has 1 atom stereocenters. The minimum atomic E-state index is -0.229. The van der Waals surface area contributed by atoms with E-state index in [1.807, 2.05) is 60.7 Å². The number of aryl methyl sites for hydroxylation is 1. The van der Waals surface area contributed by atoms with Crippen LogP contribution in [0, 0.1) is 0 Å². The van der Waals surface area contributed by atoms with Gasteiger partial charge in [0.05, 0.1) is 19.3 Å². The second-order valence-electron chi connectivity index (χ2n) is 5.78. The van der Waals surface area contributed by atoms with Crippen LogP contribution >= 0.6 is 0 Å². The summed E-state index contributed by atoms with van der Waals surface area (Å²) in [5.41, 5.74) is 2.63. The normalized spacial score (nSPS) is 11.9. The van der Waals surface area contributed by atoms with Gasteiger partial charge < -0.3 is 10.1 Å². The third-order valence-corrected chi connectivity index (χ3v) is 3.96. The summed E-state index contributed by atoms with van der Waals surface area (Å²) >= 11 is 0. The third kappa shape index (κ3) is 4.55. The van der Waals surface area contributed by atoms with Crippen molar-refractivity contribution >= 4 is 5.91 Å². The molecule has 0 saturated heterocycles. The van der Waals surface area contributed by atoms with Crippen molar-refractivity contribution in [3.63, 3.8) is 0 Å². The molecule has 1 amide bonds. The molecule has 2 aromatic carbocycles. The monoisotopic (exact) mass is 335 g/mol. The number of carbonyl (C=O) groups is 1. The van der Waals surface area contributed by atoms with Gasteiger partial charge in [0.15, 0.2) is 0 Å². The molecular weight excluding hydrogens is 314 g/mol. The quantitative estimate of drug-likeness (QED) is 0.722. The molecule has 3 rings (SSSR count). The number of hydrogen-bond donors (Lipinski definition) is 1. The second kappa shape index (κ2) is 8.26. The Morgan fingerprint density at radius 1 is 1.08 bits per heavy atom. The highest BCUT2D eigenvalue weighted by Gasteiger charge is 2.18. The average Bonchev–Trinajstić information content (AvgIpc) is 3.08. The van der Waals surface area contributed by atoms with E-state index >= 15 is 0 Å². The highest BCUT2D eigenvalue weighted by molar-refractivity contribution is 5.92. The Hall–Kier alpha value is -2.92. The zero-order valence-corrected chi connectivity index (χ0v) is 14.1. The van der Waals surface area contributed by atoms with Gasteiger partial charge in [-0.25, -0.2) is 0 Å². The fraction of sp³-hybridized carbons (Fsp3) is 0.200. The molecule has 3 aromatic rings. The summed E-state index contributed by atoms with van der Waals surface area (Å²) in [5, 5.41) is 7.08. The maximum absolute atomic E-state index is 12.5. The molecular formula is C20H21N3O2. The molecule has 0 bridgehead atoms. The van der Waals surface area contributed by atoms with Gasteiger partial charge in [-0.3, -0.25) is 9.48 Å². The van der Waals surface area contributed by atoms with Gasteiger partial charge in [0.25, 0.3) is 5.91 Å². The lowest BCUT2D eigenvalue weighted by Gasteiger charge is -2.19. The molecule has 0 aliphatic carbocycles. The van der Waals surface area contributed by atoms with Crippen molar-refractivity contribution in [1.29, 1.82) is 0 Å². The summed E-state index contributed by atoms with van der Waals surface area (Å²) in [4.78, 5) is 12.5. The Morgan fingerprint density at radius 2 is 1.76 bits per heavy atom. The number of hydrogen-bond acceptors (Lipinski definition) is 3. The summed E-state index contributed by atoms with van der Waals surface area (Å²) < 4.78 is 7.41. The van der Waals surface area contributed by atoms with Gasteiger partial charge in [0.1, 0.15) is 5.69 Å². The van der Waals surface area contributed by atoms with Gasteiger partial charge in [0, 0.05) is 13.2 Å². The lowest BCUT2D eigenvalue weighted by Crippen LogP contribution is -2.32. The number of benzene rings is 2. The largest absolute Gasteiger partial charge is 0.374 e. The van der Waals surface area contributed by atoms with Gasteiger partial charge in [-0.15, -0.1) is 0 Å². The van der Waals surface area contributed by atoms with E-state index in [0.29, 0.717) is 18.9 Å². The van der Waals surface area contributed by atoms with Crippen LogP contribution in [0.3, 0.4) is 0 Å². The number of nitrogens with zero attached hydrogens (tertiary/aromatic N) is 2. The van der Waals surface area contributed by atoms with Gasteiger partial charge in [-0.2, -0.15) is 5.10 Å². The van der Waals surface area contributed by atoms with E-state index in [4.69, 9.17) is 4.74 Å². The van der Waals surface area contributed by atoms with E-state index in [9.17, 15) is 4.79 Å². The van der Waals surface area contributed by atoms with E-state index in [2.05, 4.69) is 10.4 Å². The maximum atomic E-state index is 12.5. The Labute approximate surface area is 147 Å². The van der Waals surface area contributed by atoms with Crippen LogP contribution in [0.15, 0.2) is 72.9 Å². The number of nitrogens with one attached hydrogen (secondary N) is 1. The van der Waals surface area contributed by atoms with Crippen LogP contribution in [0.2, 0.25) is 0 Å². The van der Waals surface area contributed by atoms with Crippen molar-refractivity contribution < 1.29 is 9.53 Å². The summed E-state index contributed by atoms with van der Waals surface area (Å²) in [6.07, 6.45) is 1.61. The van der Waals surface area contributed by atoms with E-state index in [-0.39, 0.29) is 11.9 Å². The molecule has 5 nitrogen and oxygen atoms in total. The van der Waals surface area contributed by atoms with Crippen LogP contribution in [0.4, 0.5) is 0 Å². The zero-order valence-electron chi connectivity index (χ0n) is 14.1. The standard InChI is InChI=1S/C20H21N3O2/c1-23-19(12-13-21-23)20(24)22-18(17-10-6-3-7-11-17)15-25-14-16-8-4-2-5-9-16/h2-13,18H,14-15H2,1H3,(H,22,24)/t18-/m0/s1. The molecule has 0 fully saturated rings. The lowest BCUT2D eigenvalue weighted by molar-refractivity contribution is 0.0790. The Kier molecular flexibility index (Phi) is 5.59. The first-order chi connectivity index (χ1) is 12.2. The molecule has 25 heavy (non-hydrogen) atoms. The predicted molar refractivity (Wildman–Crippen MR) is 96.0 cm³/mol. The van der Waals surface area contributed by atoms with Crippen molar-refractivity contribution in [2.24, 2.45) is 7.05 Å². The summed E-state index contributed by atoms with van der Waals surface area (Å²) in [6, 6.07) is 21.3. The van der Waals surface area contributed by atoms with E-state index in [1.54, 1.807) is 24.0 Å². The maximum Gasteiger partial charge on any atom is 0.270 e. The number of ether oxygens (including phenoxy) is 1. The van der Waals surface area contributed by atoms with Crippen molar-refractivity contribution in [2.45, 2.75) is 12.6 Å². The number of aromatic nitrogens is 2. The third-order valence-electron chi connectivity index (χ3n) is 3.96. The van der Waals surface area contributed by atoms with E-state index < -0.39 is 0 Å². The van der Waals surface area contributed by atoms with Crippen LogP contribution < -0.4 is 5.32 Å². The first-order valence-electron chi connectivity index (χ1n) is 8.19. The van der Waals surface area contributed by atoms with Crippen LogP contribution in [0.25, 0.3) is 0 Å². The minimum absolute atomic E-state index is 0.169. The van der Waals surface area contributed by atoms with Crippen molar-refractivity contribution in [1.82, 2.24) is 15.1 Å². The first-order valence-corrected chi connectivity index (χ1v) is 8.19. The molecule has 0 unspecified atom stereocenters. The van der Waals surface area contributed by atoms with Gasteiger partial charge in [0.2, 0.25) is 0 Å². The molecule has 0 saturated carbocycles. The van der Waals surface area contributed by atoms with Crippen LogP contribution in [0.5, 0.6) is 0 Å². The van der Waals surface area contributed by atoms with Gasteiger partial charge >= 0.3 is 0 Å². The molecule has 5 heteroatoms. The Bertz CT molecular complexity index is 800. The highest BCUT2D eigenvalue weighted by Crippen LogP contribution is 2.15. The average molecular weight is 335 g/mol. The van der Waals surface area contributed by atoms with Gasteiger partial charge in [-0.05, 0) is 17.2 Å². The molecule has 0 radical (unpaired) electrons.